The SMILES string of the molecule is Cc1cc(C(=O)Nc2ncn(Cc3c(F)cccc3Cl)n2)n(C)n1. The molecule has 3 rings (SSSR count). The zero-order chi connectivity index (χ0) is 17.3. The van der Waals surface area contributed by atoms with E-state index in [0.717, 1.165) is 5.69 Å². The smallest absolute Gasteiger partial charge is 0.276 e. The zero-order valence-corrected chi connectivity index (χ0v) is 13.8. The van der Waals surface area contributed by atoms with Gasteiger partial charge < -0.3 is 0 Å². The van der Waals surface area contributed by atoms with Crippen molar-refractivity contribution in [3.05, 3.63) is 58.4 Å². The van der Waals surface area contributed by atoms with Crippen molar-refractivity contribution in [3.63, 3.8) is 0 Å². The Balaban J connectivity index is 1.74. The highest BCUT2D eigenvalue weighted by atomic mass is 35.5. The van der Waals surface area contributed by atoms with Gasteiger partial charge in [-0.1, -0.05) is 17.7 Å². The molecular formula is C15H14ClFN6O. The van der Waals surface area contributed by atoms with E-state index >= 15 is 0 Å². The van der Waals surface area contributed by atoms with Gasteiger partial charge in [0.05, 0.1) is 12.2 Å². The van der Waals surface area contributed by atoms with Crippen LogP contribution in [0.1, 0.15) is 21.7 Å². The molecule has 0 aliphatic heterocycles. The number of carbonyl (C=O) groups excluding carboxylic acids is 1. The minimum absolute atomic E-state index is 0.110. The Labute approximate surface area is 142 Å². The molecule has 2 aromatic heterocycles. The first-order chi connectivity index (χ1) is 11.4. The Bertz CT molecular complexity index is 883. The molecular weight excluding hydrogens is 335 g/mol. The summed E-state index contributed by atoms with van der Waals surface area (Å²) in [5, 5.41) is 11.1. The first-order valence-electron chi connectivity index (χ1n) is 7.08. The van der Waals surface area contributed by atoms with Crippen LogP contribution in [0.15, 0.2) is 30.6 Å². The molecule has 0 aliphatic rings. The maximum atomic E-state index is 13.8. The third-order valence-corrected chi connectivity index (χ3v) is 3.73. The molecule has 9 heteroatoms. The molecule has 1 N–H and O–H groups in total. The standard InChI is InChI=1S/C15H14ClFN6O/c1-9-6-13(22(2)20-9)14(24)19-15-18-8-23(21-15)7-10-11(16)4-3-5-12(10)17/h3-6,8H,7H2,1-2H3,(H,19,21,24). The lowest BCUT2D eigenvalue weighted by Gasteiger charge is -2.05. The number of nitrogens with zero attached hydrogens (tertiary/aromatic N) is 5. The fourth-order valence-corrected chi connectivity index (χ4v) is 2.48. The number of amides is 1. The van der Waals surface area contributed by atoms with Gasteiger partial charge >= 0.3 is 0 Å². The summed E-state index contributed by atoms with van der Waals surface area (Å²) in [5.41, 5.74) is 1.43. The number of anilines is 1. The van der Waals surface area contributed by atoms with E-state index < -0.39 is 5.82 Å². The van der Waals surface area contributed by atoms with Crippen molar-refractivity contribution < 1.29 is 9.18 Å². The van der Waals surface area contributed by atoms with Crippen LogP contribution >= 0.6 is 11.6 Å². The summed E-state index contributed by atoms with van der Waals surface area (Å²) in [6.45, 7) is 1.90. The van der Waals surface area contributed by atoms with E-state index in [-0.39, 0.29) is 18.4 Å². The van der Waals surface area contributed by atoms with Gasteiger partial charge in [0, 0.05) is 17.6 Å². The van der Waals surface area contributed by atoms with Crippen molar-refractivity contribution in [2.24, 2.45) is 7.05 Å². The molecule has 0 radical (unpaired) electrons. The van der Waals surface area contributed by atoms with E-state index in [4.69, 9.17) is 11.6 Å². The lowest BCUT2D eigenvalue weighted by Crippen LogP contribution is -2.17. The Morgan fingerprint density at radius 2 is 2.17 bits per heavy atom. The molecule has 2 heterocycles. The average Bonchev–Trinajstić information content (AvgIpc) is 3.09. The summed E-state index contributed by atoms with van der Waals surface area (Å²) in [4.78, 5) is 16.2. The quantitative estimate of drug-likeness (QED) is 0.785. The lowest BCUT2D eigenvalue weighted by atomic mass is 10.2. The van der Waals surface area contributed by atoms with Crippen LogP contribution in [0.3, 0.4) is 0 Å². The molecule has 0 aliphatic carbocycles. The summed E-state index contributed by atoms with van der Waals surface area (Å²) in [7, 11) is 1.67. The fourth-order valence-electron chi connectivity index (χ4n) is 2.26. The van der Waals surface area contributed by atoms with E-state index in [2.05, 4.69) is 20.5 Å². The van der Waals surface area contributed by atoms with Gasteiger partial charge in [0.25, 0.3) is 5.91 Å². The van der Waals surface area contributed by atoms with Crippen LogP contribution in [-0.2, 0) is 13.6 Å². The second-order valence-electron chi connectivity index (χ2n) is 5.21. The number of aromatic nitrogens is 5. The van der Waals surface area contributed by atoms with Gasteiger partial charge in [0.2, 0.25) is 5.95 Å². The van der Waals surface area contributed by atoms with Gasteiger partial charge in [0.15, 0.2) is 0 Å². The highest BCUT2D eigenvalue weighted by molar-refractivity contribution is 6.31. The monoisotopic (exact) mass is 348 g/mol. The van der Waals surface area contributed by atoms with Crippen molar-refractivity contribution >= 4 is 23.5 Å². The molecule has 3 aromatic rings. The molecule has 24 heavy (non-hydrogen) atoms. The predicted octanol–water partition coefficient (Wildman–Crippen LogP) is 2.41. The number of aryl methyl sites for hydroxylation is 2. The number of carbonyl (C=O) groups is 1. The lowest BCUT2D eigenvalue weighted by molar-refractivity contribution is 0.101. The van der Waals surface area contributed by atoms with Crippen LogP contribution < -0.4 is 5.32 Å². The number of hydrogen-bond donors (Lipinski definition) is 1. The van der Waals surface area contributed by atoms with E-state index in [1.807, 2.05) is 0 Å². The first kappa shape index (κ1) is 16.1. The van der Waals surface area contributed by atoms with Gasteiger partial charge in [-0.25, -0.2) is 14.1 Å². The molecule has 1 aromatic carbocycles. The maximum absolute atomic E-state index is 13.8. The summed E-state index contributed by atoms with van der Waals surface area (Å²) >= 11 is 5.99. The number of rotatable bonds is 4. The van der Waals surface area contributed by atoms with Crippen LogP contribution in [0.25, 0.3) is 0 Å². The number of benzene rings is 1. The van der Waals surface area contributed by atoms with E-state index in [0.29, 0.717) is 16.3 Å². The van der Waals surface area contributed by atoms with Crippen LogP contribution in [-0.4, -0.2) is 30.5 Å². The molecule has 0 atom stereocenters. The summed E-state index contributed by atoms with van der Waals surface area (Å²) in [5.74, 6) is -0.681. The summed E-state index contributed by atoms with van der Waals surface area (Å²) < 4.78 is 16.7. The predicted molar refractivity (Wildman–Crippen MR) is 86.4 cm³/mol. The van der Waals surface area contributed by atoms with Crippen molar-refractivity contribution in [2.75, 3.05) is 5.32 Å². The third kappa shape index (κ3) is 3.28. The highest BCUT2D eigenvalue weighted by Crippen LogP contribution is 2.19. The zero-order valence-electron chi connectivity index (χ0n) is 13.0. The summed E-state index contributed by atoms with van der Waals surface area (Å²) in [6.07, 6.45) is 1.40. The Kier molecular flexibility index (Phi) is 4.30. The normalized spacial score (nSPS) is 10.8. The Hall–Kier alpha value is -2.74. The number of hydrogen-bond acceptors (Lipinski definition) is 4. The highest BCUT2D eigenvalue weighted by Gasteiger charge is 2.15. The second-order valence-corrected chi connectivity index (χ2v) is 5.62. The molecule has 0 bridgehead atoms. The van der Waals surface area contributed by atoms with Crippen molar-refractivity contribution in [3.8, 4) is 0 Å². The van der Waals surface area contributed by atoms with Crippen LogP contribution in [0.5, 0.6) is 0 Å². The Morgan fingerprint density at radius 3 is 2.83 bits per heavy atom. The molecule has 7 nitrogen and oxygen atoms in total. The van der Waals surface area contributed by atoms with Crippen LogP contribution in [0, 0.1) is 12.7 Å². The van der Waals surface area contributed by atoms with Gasteiger partial charge in [-0.3, -0.25) is 14.8 Å². The minimum Gasteiger partial charge on any atom is -0.288 e. The van der Waals surface area contributed by atoms with E-state index in [9.17, 15) is 9.18 Å². The van der Waals surface area contributed by atoms with Crippen molar-refractivity contribution in [1.29, 1.82) is 0 Å². The first-order valence-corrected chi connectivity index (χ1v) is 7.46. The molecule has 0 saturated carbocycles. The summed E-state index contributed by atoms with van der Waals surface area (Å²) in [6, 6.07) is 6.12. The Morgan fingerprint density at radius 1 is 1.38 bits per heavy atom. The van der Waals surface area contributed by atoms with Crippen molar-refractivity contribution in [1.82, 2.24) is 24.5 Å². The largest absolute Gasteiger partial charge is 0.288 e. The molecule has 0 saturated heterocycles. The molecule has 0 unspecified atom stereocenters. The van der Waals surface area contributed by atoms with Gasteiger partial charge in [-0.15, -0.1) is 5.10 Å². The topological polar surface area (TPSA) is 77.6 Å². The van der Waals surface area contributed by atoms with Gasteiger partial charge in [-0.2, -0.15) is 5.10 Å². The molecule has 0 spiro atoms. The van der Waals surface area contributed by atoms with Gasteiger partial charge in [0.1, 0.15) is 17.8 Å². The van der Waals surface area contributed by atoms with Crippen molar-refractivity contribution in [2.45, 2.75) is 13.5 Å². The third-order valence-electron chi connectivity index (χ3n) is 3.38. The second kappa shape index (κ2) is 6.40. The van der Waals surface area contributed by atoms with E-state index in [1.165, 1.54) is 27.8 Å². The minimum atomic E-state index is -0.422. The van der Waals surface area contributed by atoms with E-state index in [1.54, 1.807) is 26.1 Å². The number of halogens is 2. The molecule has 0 fully saturated rings. The van der Waals surface area contributed by atoms with Crippen LogP contribution in [0.4, 0.5) is 10.3 Å². The number of nitrogens with one attached hydrogen (secondary N) is 1. The molecule has 1 amide bonds. The van der Waals surface area contributed by atoms with Gasteiger partial charge in [-0.05, 0) is 25.1 Å². The average molecular weight is 349 g/mol. The van der Waals surface area contributed by atoms with Crippen LogP contribution in [0.2, 0.25) is 5.02 Å². The fraction of sp³-hybridized carbons (Fsp3) is 0.200. The molecule has 124 valence electrons. The maximum Gasteiger partial charge on any atom is 0.276 e.